The minimum Gasteiger partial charge on any atom is -0.0878 e. The highest BCUT2D eigenvalue weighted by molar-refractivity contribution is 9.12. The second kappa shape index (κ2) is 7.99. The smallest absolute Gasteiger partial charge is 0.0436 e. The predicted molar refractivity (Wildman–Crippen MR) is 97.0 cm³/mol. The summed E-state index contributed by atoms with van der Waals surface area (Å²) in [5.74, 6) is 2.79. The Balaban J connectivity index is 2.01. The summed E-state index contributed by atoms with van der Waals surface area (Å²) in [7, 11) is 0. The largest absolute Gasteiger partial charge is 0.0878 e. The van der Waals surface area contributed by atoms with Gasteiger partial charge in [-0.3, -0.25) is 0 Å². The van der Waals surface area contributed by atoms with Crippen molar-refractivity contribution in [1.82, 2.24) is 0 Å². The Morgan fingerprint density at radius 1 is 0.950 bits per heavy atom. The highest BCUT2D eigenvalue weighted by atomic mass is 79.9. The van der Waals surface area contributed by atoms with Gasteiger partial charge in [0.2, 0.25) is 0 Å². The molecule has 2 unspecified atom stereocenters. The van der Waals surface area contributed by atoms with Crippen molar-refractivity contribution in [3.63, 3.8) is 0 Å². The zero-order valence-corrected chi connectivity index (χ0v) is 16.5. The topological polar surface area (TPSA) is 0 Å². The van der Waals surface area contributed by atoms with Crippen LogP contribution in [0.3, 0.4) is 0 Å². The third-order valence-corrected chi connectivity index (χ3v) is 9.36. The van der Waals surface area contributed by atoms with Gasteiger partial charge in [0, 0.05) is 9.15 Å². The molecule has 2 heteroatoms. The van der Waals surface area contributed by atoms with Crippen LogP contribution in [0.5, 0.6) is 0 Å². The Kier molecular flexibility index (Phi) is 6.92. The quantitative estimate of drug-likeness (QED) is 0.426. The van der Waals surface area contributed by atoms with Crippen molar-refractivity contribution in [3.05, 3.63) is 0 Å². The zero-order chi connectivity index (χ0) is 14.6. The summed E-state index contributed by atoms with van der Waals surface area (Å²) >= 11 is 8.25. The zero-order valence-electron chi connectivity index (χ0n) is 13.3. The van der Waals surface area contributed by atoms with Gasteiger partial charge in [0.05, 0.1) is 0 Å². The predicted octanol–water partition coefficient (Wildman–Crippen LogP) is 7.09. The fraction of sp³-hybridized carbons (Fsp3) is 1.00. The first-order chi connectivity index (χ1) is 9.59. The monoisotopic (exact) mass is 406 g/mol. The van der Waals surface area contributed by atoms with Crippen LogP contribution in [0, 0.1) is 17.8 Å². The molecule has 0 amide bonds. The first kappa shape index (κ1) is 17.3. The molecule has 0 spiro atoms. The molecule has 0 N–H and O–H groups in total. The number of hydrogen-bond donors (Lipinski definition) is 0. The van der Waals surface area contributed by atoms with Gasteiger partial charge < -0.3 is 0 Å². The summed E-state index contributed by atoms with van der Waals surface area (Å²) in [6, 6.07) is 0. The average molecular weight is 408 g/mol. The Hall–Kier alpha value is 0.960. The molecular formula is C18H32Br2. The van der Waals surface area contributed by atoms with E-state index in [0.29, 0.717) is 9.15 Å². The highest BCUT2D eigenvalue weighted by Crippen LogP contribution is 2.52. The molecule has 0 aliphatic heterocycles. The van der Waals surface area contributed by atoms with E-state index in [-0.39, 0.29) is 0 Å². The molecule has 2 saturated carbocycles. The molecule has 20 heavy (non-hydrogen) atoms. The molecule has 2 rings (SSSR count). The van der Waals surface area contributed by atoms with Crippen LogP contribution in [0.15, 0.2) is 0 Å². The summed E-state index contributed by atoms with van der Waals surface area (Å²) < 4.78 is 0.352. The average Bonchev–Trinajstić information content (AvgIpc) is 2.48. The molecule has 0 radical (unpaired) electrons. The number of rotatable bonds is 5. The maximum atomic E-state index is 4.28. The third-order valence-electron chi connectivity index (χ3n) is 6.01. The second-order valence-corrected chi connectivity index (χ2v) is 10.0. The molecule has 0 saturated heterocycles. The van der Waals surface area contributed by atoms with E-state index in [2.05, 4.69) is 45.7 Å². The van der Waals surface area contributed by atoms with Crippen LogP contribution in [0.4, 0.5) is 0 Å². The van der Waals surface area contributed by atoms with E-state index in [1.807, 2.05) is 0 Å². The molecule has 118 valence electrons. The van der Waals surface area contributed by atoms with Gasteiger partial charge in [0.15, 0.2) is 0 Å². The Morgan fingerprint density at radius 2 is 1.50 bits per heavy atom. The lowest BCUT2D eigenvalue weighted by Crippen LogP contribution is -2.47. The second-order valence-electron chi connectivity index (χ2n) is 7.28. The minimum atomic E-state index is 0.352. The van der Waals surface area contributed by atoms with E-state index in [1.54, 1.807) is 0 Å². The fourth-order valence-electron chi connectivity index (χ4n) is 4.83. The lowest BCUT2D eigenvalue weighted by molar-refractivity contribution is 0.157. The van der Waals surface area contributed by atoms with Gasteiger partial charge in [0.25, 0.3) is 0 Å². The molecular weight excluding hydrogens is 376 g/mol. The maximum absolute atomic E-state index is 4.28. The molecule has 0 bridgehead atoms. The standard InChI is InChI=1S/C18H32Br2/c1-3-7-15-10-12-17(13-11-15)18(20,14(2)19)16-8-5-4-6-9-16/h14-17H,3-13H2,1-2H3. The highest BCUT2D eigenvalue weighted by Gasteiger charge is 2.47. The molecule has 0 heterocycles. The maximum Gasteiger partial charge on any atom is 0.0436 e. The van der Waals surface area contributed by atoms with Crippen molar-refractivity contribution >= 4 is 31.9 Å². The van der Waals surface area contributed by atoms with Gasteiger partial charge in [-0.1, -0.05) is 90.7 Å². The van der Waals surface area contributed by atoms with Gasteiger partial charge in [0.1, 0.15) is 0 Å². The van der Waals surface area contributed by atoms with E-state index in [1.165, 1.54) is 70.6 Å². The third kappa shape index (κ3) is 3.83. The molecule has 0 aromatic carbocycles. The van der Waals surface area contributed by atoms with Gasteiger partial charge >= 0.3 is 0 Å². The molecule has 2 aliphatic rings. The molecule has 2 atom stereocenters. The normalized spacial score (nSPS) is 33.6. The van der Waals surface area contributed by atoms with E-state index in [9.17, 15) is 0 Å². The first-order valence-corrected chi connectivity index (χ1v) is 10.6. The first-order valence-electron chi connectivity index (χ1n) is 8.92. The number of hydrogen-bond acceptors (Lipinski definition) is 0. The van der Waals surface area contributed by atoms with Crippen molar-refractivity contribution in [2.75, 3.05) is 0 Å². The Morgan fingerprint density at radius 3 is 2.00 bits per heavy atom. The van der Waals surface area contributed by atoms with Crippen LogP contribution in [-0.2, 0) is 0 Å². The van der Waals surface area contributed by atoms with Crippen molar-refractivity contribution in [2.24, 2.45) is 17.8 Å². The molecule has 0 aromatic heterocycles. The summed E-state index contributed by atoms with van der Waals surface area (Å²) in [4.78, 5) is 0.589. The van der Waals surface area contributed by atoms with Crippen LogP contribution in [0.25, 0.3) is 0 Å². The summed E-state index contributed by atoms with van der Waals surface area (Å²) in [5, 5.41) is 0. The van der Waals surface area contributed by atoms with Crippen molar-refractivity contribution in [1.29, 1.82) is 0 Å². The lowest BCUT2D eigenvalue weighted by atomic mass is 9.66. The fourth-order valence-corrected chi connectivity index (χ4v) is 6.49. The molecule has 2 fully saturated rings. The van der Waals surface area contributed by atoms with E-state index in [0.717, 1.165) is 17.8 Å². The Bertz CT molecular complexity index is 275. The van der Waals surface area contributed by atoms with E-state index in [4.69, 9.17) is 0 Å². The summed E-state index contributed by atoms with van der Waals surface area (Å²) in [6.07, 6.45) is 15.9. The Labute approximate surface area is 143 Å². The van der Waals surface area contributed by atoms with Crippen LogP contribution in [0.1, 0.15) is 84.5 Å². The van der Waals surface area contributed by atoms with E-state index >= 15 is 0 Å². The van der Waals surface area contributed by atoms with Gasteiger partial charge in [-0.05, 0) is 43.4 Å². The van der Waals surface area contributed by atoms with Crippen LogP contribution in [-0.4, -0.2) is 9.15 Å². The SMILES string of the molecule is CCCC1CCC(C(Br)(C(C)Br)C2CCCCC2)CC1. The lowest BCUT2D eigenvalue weighted by Gasteiger charge is -2.48. The van der Waals surface area contributed by atoms with Crippen LogP contribution in [0.2, 0.25) is 0 Å². The minimum absolute atomic E-state index is 0.352. The van der Waals surface area contributed by atoms with Crippen molar-refractivity contribution < 1.29 is 0 Å². The number of halogens is 2. The van der Waals surface area contributed by atoms with Gasteiger partial charge in [-0.15, -0.1) is 0 Å². The van der Waals surface area contributed by atoms with Crippen LogP contribution < -0.4 is 0 Å². The summed E-state index contributed by atoms with van der Waals surface area (Å²) in [6.45, 7) is 4.71. The van der Waals surface area contributed by atoms with Crippen molar-refractivity contribution in [3.8, 4) is 0 Å². The van der Waals surface area contributed by atoms with Gasteiger partial charge in [-0.2, -0.15) is 0 Å². The summed E-state index contributed by atoms with van der Waals surface area (Å²) in [5.41, 5.74) is 0. The number of alkyl halides is 2. The van der Waals surface area contributed by atoms with Gasteiger partial charge in [-0.25, -0.2) is 0 Å². The molecule has 2 aliphatic carbocycles. The molecule has 0 aromatic rings. The van der Waals surface area contributed by atoms with Crippen molar-refractivity contribution in [2.45, 2.75) is 93.6 Å². The van der Waals surface area contributed by atoms with E-state index < -0.39 is 0 Å². The van der Waals surface area contributed by atoms with Crippen LogP contribution >= 0.6 is 31.9 Å². The molecule has 0 nitrogen and oxygen atoms in total.